The molecular weight excluding hydrogens is 340 g/mol. The zero-order valence-corrected chi connectivity index (χ0v) is 16.6. The lowest BCUT2D eigenvalue weighted by Crippen LogP contribution is -2.49. The van der Waals surface area contributed by atoms with Crippen LogP contribution >= 0.6 is 0 Å². The van der Waals surface area contributed by atoms with Crippen LogP contribution in [0.5, 0.6) is 0 Å². The van der Waals surface area contributed by atoms with Crippen LogP contribution in [-0.2, 0) is 10.2 Å². The first kappa shape index (κ1) is 19.3. The van der Waals surface area contributed by atoms with Crippen molar-refractivity contribution in [3.8, 4) is 0 Å². The molecule has 27 heavy (non-hydrogen) atoms. The first-order chi connectivity index (χ1) is 13.2. The highest BCUT2D eigenvalue weighted by molar-refractivity contribution is 5.22. The lowest BCUT2D eigenvalue weighted by Gasteiger charge is -2.41. The lowest BCUT2D eigenvalue weighted by atomic mass is 9.75. The molecule has 0 amide bonds. The summed E-state index contributed by atoms with van der Waals surface area (Å²) < 4.78 is 5.47. The van der Waals surface area contributed by atoms with Gasteiger partial charge in [0, 0.05) is 36.9 Å². The summed E-state index contributed by atoms with van der Waals surface area (Å²) in [4.78, 5) is 9.91. The van der Waals surface area contributed by atoms with Crippen LogP contribution in [0.1, 0.15) is 30.5 Å². The number of nitrogens with zero attached hydrogens (tertiary/aromatic N) is 3. The van der Waals surface area contributed by atoms with Gasteiger partial charge in [0.05, 0.1) is 25.4 Å². The fourth-order valence-corrected chi connectivity index (χ4v) is 4.97. The molecule has 3 fully saturated rings. The number of nitrogens with one attached hydrogen (secondary N) is 1. The largest absolute Gasteiger partial charge is 0.389 e. The van der Waals surface area contributed by atoms with Crippen LogP contribution in [0.2, 0.25) is 0 Å². The summed E-state index contributed by atoms with van der Waals surface area (Å²) in [5.74, 6) is 0. The molecule has 2 N–H and O–H groups in total. The molecule has 150 valence electrons. The average molecular weight is 375 g/mol. The predicted octanol–water partition coefficient (Wildman–Crippen LogP) is 0.779. The van der Waals surface area contributed by atoms with E-state index in [1.54, 1.807) is 0 Å². The minimum absolute atomic E-state index is 0.157. The second-order valence-corrected chi connectivity index (χ2v) is 8.59. The molecule has 6 heteroatoms. The van der Waals surface area contributed by atoms with Crippen molar-refractivity contribution >= 4 is 0 Å². The van der Waals surface area contributed by atoms with Gasteiger partial charge in [-0.25, -0.2) is 0 Å². The van der Waals surface area contributed by atoms with Crippen LogP contribution in [0.4, 0.5) is 0 Å². The van der Waals surface area contributed by atoms with E-state index < -0.39 is 0 Å². The summed E-state index contributed by atoms with van der Waals surface area (Å²) in [7, 11) is 0. The molecule has 4 rings (SSSR count). The second kappa shape index (κ2) is 8.53. The number of aliphatic hydroxyl groups is 1. The van der Waals surface area contributed by atoms with Crippen LogP contribution in [0.15, 0.2) is 18.3 Å². The summed E-state index contributed by atoms with van der Waals surface area (Å²) >= 11 is 0. The molecule has 0 unspecified atom stereocenters. The molecule has 1 aromatic heterocycles. The number of pyridine rings is 1. The Balaban J connectivity index is 1.44. The molecule has 1 aromatic rings. The summed E-state index contributed by atoms with van der Waals surface area (Å²) in [6.07, 6.45) is 5.14. The third kappa shape index (κ3) is 4.35. The first-order valence-electron chi connectivity index (χ1n) is 10.5. The lowest BCUT2D eigenvalue weighted by molar-refractivity contribution is 0.0827. The van der Waals surface area contributed by atoms with Gasteiger partial charge < -0.3 is 20.1 Å². The number of ether oxygens (including phenoxy) is 1. The highest BCUT2D eigenvalue weighted by Gasteiger charge is 2.38. The van der Waals surface area contributed by atoms with E-state index >= 15 is 0 Å². The molecule has 0 saturated carbocycles. The highest BCUT2D eigenvalue weighted by atomic mass is 16.5. The Labute approximate surface area is 162 Å². The topological polar surface area (TPSA) is 60.9 Å². The quantitative estimate of drug-likeness (QED) is 0.812. The zero-order chi connectivity index (χ0) is 18.7. The van der Waals surface area contributed by atoms with E-state index in [-0.39, 0.29) is 17.6 Å². The summed E-state index contributed by atoms with van der Waals surface area (Å²) in [5, 5.41) is 13.7. The Morgan fingerprint density at radius 3 is 2.74 bits per heavy atom. The maximum Gasteiger partial charge on any atom is 0.0950 e. The van der Waals surface area contributed by atoms with E-state index in [1.807, 2.05) is 6.20 Å². The number of aryl methyl sites for hydroxylation is 1. The van der Waals surface area contributed by atoms with Crippen molar-refractivity contribution in [2.75, 3.05) is 59.0 Å². The second-order valence-electron chi connectivity index (χ2n) is 8.59. The Hall–Kier alpha value is -1.05. The van der Waals surface area contributed by atoms with Crippen molar-refractivity contribution in [1.29, 1.82) is 0 Å². The molecular formula is C21H34N4O2. The van der Waals surface area contributed by atoms with Crippen LogP contribution in [-0.4, -0.2) is 91.1 Å². The fourth-order valence-electron chi connectivity index (χ4n) is 4.97. The SMILES string of the molecule is Cc1ccc(C2(CN3CCCN([C@H]4COC[C@@H]4O)CC3)CCNCC2)nc1. The van der Waals surface area contributed by atoms with Crippen LogP contribution in [0, 0.1) is 6.92 Å². The van der Waals surface area contributed by atoms with Crippen LogP contribution < -0.4 is 5.32 Å². The molecule has 3 aliphatic heterocycles. The van der Waals surface area contributed by atoms with Crippen molar-refractivity contribution in [1.82, 2.24) is 20.1 Å². The zero-order valence-electron chi connectivity index (χ0n) is 16.6. The summed E-state index contributed by atoms with van der Waals surface area (Å²) in [6, 6.07) is 4.63. The Morgan fingerprint density at radius 2 is 2.04 bits per heavy atom. The van der Waals surface area contributed by atoms with Crippen molar-refractivity contribution in [2.45, 2.75) is 43.7 Å². The van der Waals surface area contributed by atoms with E-state index in [4.69, 9.17) is 9.72 Å². The van der Waals surface area contributed by atoms with E-state index in [0.29, 0.717) is 13.2 Å². The van der Waals surface area contributed by atoms with Gasteiger partial charge in [0.2, 0.25) is 0 Å². The summed E-state index contributed by atoms with van der Waals surface area (Å²) in [6.45, 7) is 10.7. The standard InChI is InChI=1S/C21H34N4O2/c1-17-3-4-20(23-13-17)21(5-7-22-8-6-21)16-24-9-2-10-25(12-11-24)18-14-27-15-19(18)26/h3-4,13,18-19,22,26H,2,5-12,14-16H2,1H3/t18-,19-/m0/s1. The van der Waals surface area contributed by atoms with Crippen molar-refractivity contribution in [2.24, 2.45) is 0 Å². The molecule has 0 spiro atoms. The molecule has 4 heterocycles. The van der Waals surface area contributed by atoms with Crippen molar-refractivity contribution < 1.29 is 9.84 Å². The van der Waals surface area contributed by atoms with Crippen molar-refractivity contribution in [3.05, 3.63) is 29.6 Å². The molecule has 0 radical (unpaired) electrons. The van der Waals surface area contributed by atoms with Gasteiger partial charge in [-0.05, 0) is 64.0 Å². The van der Waals surface area contributed by atoms with Gasteiger partial charge in [-0.2, -0.15) is 0 Å². The van der Waals surface area contributed by atoms with Gasteiger partial charge in [0.1, 0.15) is 0 Å². The van der Waals surface area contributed by atoms with Gasteiger partial charge in [-0.15, -0.1) is 0 Å². The van der Waals surface area contributed by atoms with Crippen LogP contribution in [0.25, 0.3) is 0 Å². The van der Waals surface area contributed by atoms with Crippen molar-refractivity contribution in [3.63, 3.8) is 0 Å². The van der Waals surface area contributed by atoms with E-state index in [0.717, 1.165) is 65.1 Å². The minimum atomic E-state index is -0.330. The minimum Gasteiger partial charge on any atom is -0.389 e. The molecule has 6 nitrogen and oxygen atoms in total. The molecule has 3 saturated heterocycles. The third-order valence-corrected chi connectivity index (χ3v) is 6.66. The summed E-state index contributed by atoms with van der Waals surface area (Å²) in [5.41, 5.74) is 2.64. The van der Waals surface area contributed by atoms with Gasteiger partial charge >= 0.3 is 0 Å². The third-order valence-electron chi connectivity index (χ3n) is 6.66. The number of piperidine rings is 1. The van der Waals surface area contributed by atoms with E-state index in [1.165, 1.54) is 11.3 Å². The number of hydrogen-bond donors (Lipinski definition) is 2. The number of aliphatic hydroxyl groups excluding tert-OH is 1. The number of aromatic nitrogens is 1. The molecule has 0 aliphatic carbocycles. The van der Waals surface area contributed by atoms with Gasteiger partial charge in [0.25, 0.3) is 0 Å². The Bertz CT molecular complexity index is 603. The fraction of sp³-hybridized carbons (Fsp3) is 0.762. The van der Waals surface area contributed by atoms with E-state index in [9.17, 15) is 5.11 Å². The van der Waals surface area contributed by atoms with Crippen LogP contribution in [0.3, 0.4) is 0 Å². The normalized spacial score (nSPS) is 30.3. The average Bonchev–Trinajstić information content (AvgIpc) is 2.98. The number of rotatable bonds is 4. The van der Waals surface area contributed by atoms with Gasteiger partial charge in [-0.1, -0.05) is 6.07 Å². The predicted molar refractivity (Wildman–Crippen MR) is 106 cm³/mol. The molecule has 0 bridgehead atoms. The maximum atomic E-state index is 10.2. The monoisotopic (exact) mass is 374 g/mol. The molecule has 0 aromatic carbocycles. The van der Waals surface area contributed by atoms with E-state index in [2.05, 4.69) is 34.2 Å². The first-order valence-corrected chi connectivity index (χ1v) is 10.5. The Kier molecular flexibility index (Phi) is 6.09. The number of hydrogen-bond acceptors (Lipinski definition) is 6. The molecule has 2 atom stereocenters. The highest BCUT2D eigenvalue weighted by Crippen LogP contribution is 2.33. The van der Waals surface area contributed by atoms with Gasteiger partial charge in [-0.3, -0.25) is 9.88 Å². The van der Waals surface area contributed by atoms with Gasteiger partial charge in [0.15, 0.2) is 0 Å². The smallest absolute Gasteiger partial charge is 0.0950 e. The molecule has 3 aliphatic rings. The Morgan fingerprint density at radius 1 is 1.19 bits per heavy atom. The maximum absolute atomic E-state index is 10.2.